The maximum absolute atomic E-state index is 13.0. The molecule has 0 aliphatic heterocycles. The first-order valence-corrected chi connectivity index (χ1v) is 9.55. The summed E-state index contributed by atoms with van der Waals surface area (Å²) >= 11 is 0. The molecule has 156 valence electrons. The Labute approximate surface area is 166 Å². The number of carboxylic acids is 1. The summed E-state index contributed by atoms with van der Waals surface area (Å²) in [5.74, 6) is -2.97. The Balaban J connectivity index is 3.14. The van der Waals surface area contributed by atoms with E-state index in [9.17, 15) is 19.5 Å². The first-order valence-electron chi connectivity index (χ1n) is 9.55. The fourth-order valence-corrected chi connectivity index (χ4v) is 2.84. The number of hydrogen-bond acceptors (Lipinski definition) is 6. The van der Waals surface area contributed by atoms with Crippen LogP contribution in [-0.2, 0) is 20.8 Å². The first kappa shape index (κ1) is 23.7. The lowest BCUT2D eigenvalue weighted by Crippen LogP contribution is -2.59. The van der Waals surface area contributed by atoms with Gasteiger partial charge in [-0.25, -0.2) is 4.79 Å². The van der Waals surface area contributed by atoms with Gasteiger partial charge in [0.05, 0.1) is 12.1 Å². The molecule has 1 aromatic carbocycles. The van der Waals surface area contributed by atoms with Crippen LogP contribution in [0, 0.1) is 5.92 Å². The van der Waals surface area contributed by atoms with Gasteiger partial charge < -0.3 is 22.3 Å². The zero-order valence-corrected chi connectivity index (χ0v) is 16.6. The van der Waals surface area contributed by atoms with Gasteiger partial charge in [0, 0.05) is 0 Å². The Hall–Kier alpha value is -2.29. The molecule has 0 aliphatic carbocycles. The average Bonchev–Trinajstić information content (AvgIpc) is 2.66. The number of hydrogen-bond donors (Lipinski definition) is 4. The highest BCUT2D eigenvalue weighted by Gasteiger charge is 2.39. The van der Waals surface area contributed by atoms with Gasteiger partial charge in [-0.2, -0.15) is 0 Å². The lowest BCUT2D eigenvalue weighted by atomic mass is 9.99. The maximum Gasteiger partial charge on any atom is 0.326 e. The third kappa shape index (κ3) is 6.70. The predicted molar refractivity (Wildman–Crippen MR) is 107 cm³/mol. The Morgan fingerprint density at radius 2 is 1.64 bits per heavy atom. The molecule has 3 atom stereocenters. The van der Waals surface area contributed by atoms with Gasteiger partial charge in [-0.3, -0.25) is 14.5 Å². The van der Waals surface area contributed by atoms with Gasteiger partial charge in [0.25, 0.3) is 0 Å². The number of unbranched alkanes of at least 4 members (excludes halogenated alkanes) is 1. The fourth-order valence-electron chi connectivity index (χ4n) is 2.84. The van der Waals surface area contributed by atoms with Crippen LogP contribution in [-0.4, -0.2) is 52.5 Å². The van der Waals surface area contributed by atoms with E-state index in [1.807, 2.05) is 30.3 Å². The highest BCUT2D eigenvalue weighted by atomic mass is 16.4. The summed E-state index contributed by atoms with van der Waals surface area (Å²) in [5, 5.41) is 9.67. The van der Waals surface area contributed by atoms with Crippen molar-refractivity contribution in [3.8, 4) is 0 Å². The molecule has 7 N–H and O–H groups in total. The minimum Gasteiger partial charge on any atom is -0.480 e. The van der Waals surface area contributed by atoms with Crippen molar-refractivity contribution < 1.29 is 19.5 Å². The van der Waals surface area contributed by atoms with E-state index in [2.05, 4.69) is 0 Å². The minimum atomic E-state index is -1.32. The number of nitrogens with two attached hydrogens (primary N) is 3. The van der Waals surface area contributed by atoms with Crippen LogP contribution >= 0.6 is 0 Å². The Morgan fingerprint density at radius 1 is 1.04 bits per heavy atom. The van der Waals surface area contributed by atoms with Crippen LogP contribution in [0.25, 0.3) is 0 Å². The maximum atomic E-state index is 13.0. The zero-order valence-electron chi connectivity index (χ0n) is 16.6. The monoisotopic (exact) mass is 392 g/mol. The van der Waals surface area contributed by atoms with Crippen LogP contribution in [0.4, 0.5) is 0 Å². The van der Waals surface area contributed by atoms with Gasteiger partial charge in [-0.05, 0) is 43.7 Å². The van der Waals surface area contributed by atoms with Crippen molar-refractivity contribution in [2.75, 3.05) is 6.54 Å². The van der Waals surface area contributed by atoms with Crippen molar-refractivity contribution in [3.63, 3.8) is 0 Å². The van der Waals surface area contributed by atoms with Gasteiger partial charge in [-0.1, -0.05) is 44.2 Å². The molecule has 0 aromatic heterocycles. The molecule has 8 heteroatoms. The van der Waals surface area contributed by atoms with Gasteiger partial charge >= 0.3 is 5.97 Å². The second-order valence-electron chi connectivity index (χ2n) is 7.25. The lowest BCUT2D eigenvalue weighted by molar-refractivity contribution is -0.160. The minimum absolute atomic E-state index is 0.104. The molecular formula is C20H32N4O4. The van der Waals surface area contributed by atoms with Crippen LogP contribution in [0.1, 0.15) is 38.7 Å². The lowest BCUT2D eigenvalue weighted by Gasteiger charge is -2.32. The zero-order chi connectivity index (χ0) is 21.3. The molecule has 8 nitrogen and oxygen atoms in total. The molecule has 0 saturated carbocycles. The molecule has 0 bridgehead atoms. The van der Waals surface area contributed by atoms with Gasteiger partial charge in [-0.15, -0.1) is 0 Å². The van der Waals surface area contributed by atoms with Crippen molar-refractivity contribution in [2.45, 2.75) is 57.7 Å². The van der Waals surface area contributed by atoms with E-state index >= 15 is 0 Å². The fraction of sp³-hybridized carbons (Fsp3) is 0.550. The number of carbonyl (C=O) groups is 3. The van der Waals surface area contributed by atoms with Gasteiger partial charge in [0.15, 0.2) is 0 Å². The molecule has 2 amide bonds. The molecule has 28 heavy (non-hydrogen) atoms. The number of benzene rings is 1. The number of imide groups is 1. The summed E-state index contributed by atoms with van der Waals surface area (Å²) in [7, 11) is 0. The Bertz CT molecular complexity index is 651. The summed E-state index contributed by atoms with van der Waals surface area (Å²) in [6.07, 6.45) is 1.35. The van der Waals surface area contributed by atoms with Crippen LogP contribution in [0.2, 0.25) is 0 Å². The number of amides is 2. The van der Waals surface area contributed by atoms with E-state index in [0.717, 1.165) is 10.5 Å². The predicted octanol–water partition coefficient (Wildman–Crippen LogP) is 0.477. The Kier molecular flexibility index (Phi) is 9.78. The third-order valence-corrected chi connectivity index (χ3v) is 4.62. The third-order valence-electron chi connectivity index (χ3n) is 4.62. The summed E-state index contributed by atoms with van der Waals surface area (Å²) in [6, 6.07) is 5.73. The van der Waals surface area contributed by atoms with Crippen molar-refractivity contribution in [2.24, 2.45) is 23.1 Å². The molecular weight excluding hydrogens is 360 g/mol. The van der Waals surface area contributed by atoms with E-state index in [1.54, 1.807) is 13.8 Å². The number of aliphatic carboxylic acids is 1. The molecule has 0 radical (unpaired) electrons. The van der Waals surface area contributed by atoms with Gasteiger partial charge in [0.2, 0.25) is 11.8 Å². The molecule has 1 rings (SSSR count). The largest absolute Gasteiger partial charge is 0.480 e. The van der Waals surface area contributed by atoms with E-state index in [1.165, 1.54) is 0 Å². The second kappa shape index (κ2) is 11.5. The number of rotatable bonds is 11. The van der Waals surface area contributed by atoms with Crippen LogP contribution in [0.5, 0.6) is 0 Å². The standard InChI is InChI=1S/C20H32N4O4/c1-13(2)17(23)19(26)24(16(20(27)28)10-6-7-11-21)18(25)15(22)12-14-8-4-3-5-9-14/h3-5,8-9,13,15-17H,6-7,10-12,21-23H2,1-2H3,(H,27,28). The van der Waals surface area contributed by atoms with Crippen molar-refractivity contribution in [1.82, 2.24) is 4.90 Å². The molecule has 3 unspecified atom stereocenters. The van der Waals surface area contributed by atoms with E-state index in [-0.39, 0.29) is 18.8 Å². The topological polar surface area (TPSA) is 153 Å². The number of nitrogens with zero attached hydrogens (tertiary/aromatic N) is 1. The van der Waals surface area contributed by atoms with E-state index in [4.69, 9.17) is 17.2 Å². The highest BCUT2D eigenvalue weighted by Crippen LogP contribution is 2.16. The van der Waals surface area contributed by atoms with E-state index < -0.39 is 35.9 Å². The summed E-state index contributed by atoms with van der Waals surface area (Å²) in [4.78, 5) is 38.5. The first-order chi connectivity index (χ1) is 13.2. The summed E-state index contributed by atoms with van der Waals surface area (Å²) < 4.78 is 0. The number of carboxylic acid groups (broad SMARTS) is 1. The highest BCUT2D eigenvalue weighted by molar-refractivity contribution is 6.03. The molecule has 0 spiro atoms. The van der Waals surface area contributed by atoms with Crippen LogP contribution in [0.15, 0.2) is 30.3 Å². The SMILES string of the molecule is CC(C)C(N)C(=O)N(C(=O)C(N)Cc1ccccc1)C(CCCCN)C(=O)O. The van der Waals surface area contributed by atoms with Crippen molar-refractivity contribution in [3.05, 3.63) is 35.9 Å². The second-order valence-corrected chi connectivity index (χ2v) is 7.25. The van der Waals surface area contributed by atoms with E-state index in [0.29, 0.717) is 19.4 Å². The quantitative estimate of drug-likeness (QED) is 0.399. The molecule has 1 aromatic rings. The smallest absolute Gasteiger partial charge is 0.326 e. The van der Waals surface area contributed by atoms with Gasteiger partial charge in [0.1, 0.15) is 6.04 Å². The summed E-state index contributed by atoms with van der Waals surface area (Å²) in [5.41, 5.74) is 18.3. The summed E-state index contributed by atoms with van der Waals surface area (Å²) in [6.45, 7) is 3.87. The molecule has 0 fully saturated rings. The van der Waals surface area contributed by atoms with Crippen molar-refractivity contribution in [1.29, 1.82) is 0 Å². The Morgan fingerprint density at radius 3 is 2.14 bits per heavy atom. The number of carbonyl (C=O) groups excluding carboxylic acids is 2. The van der Waals surface area contributed by atoms with Crippen LogP contribution < -0.4 is 17.2 Å². The molecule has 0 saturated heterocycles. The normalized spacial score (nSPS) is 14.4. The van der Waals surface area contributed by atoms with Crippen LogP contribution in [0.3, 0.4) is 0 Å². The molecule has 0 aliphatic rings. The average molecular weight is 393 g/mol. The molecule has 0 heterocycles. The van der Waals surface area contributed by atoms with Crippen molar-refractivity contribution >= 4 is 17.8 Å².